The van der Waals surface area contributed by atoms with Crippen molar-refractivity contribution in [3.8, 4) is 0 Å². The summed E-state index contributed by atoms with van der Waals surface area (Å²) < 4.78 is 0. The van der Waals surface area contributed by atoms with Gasteiger partial charge < -0.3 is 26.5 Å². The molecular formula is CH6LiN5O5. The summed E-state index contributed by atoms with van der Waals surface area (Å²) in [6, 6.07) is 0. The van der Waals surface area contributed by atoms with Crippen LogP contribution in [0, 0.1) is 10.1 Å². The van der Waals surface area contributed by atoms with Gasteiger partial charge in [0.05, 0.1) is 0 Å². The van der Waals surface area contributed by atoms with E-state index in [-0.39, 0.29) is 35.3 Å². The van der Waals surface area contributed by atoms with Crippen molar-refractivity contribution >= 4 is 5.95 Å². The van der Waals surface area contributed by atoms with Gasteiger partial charge in [-0.05, 0) is 10.4 Å². The van der Waals surface area contributed by atoms with E-state index in [1.165, 1.54) is 0 Å². The van der Waals surface area contributed by atoms with Crippen molar-refractivity contribution in [2.45, 2.75) is 0 Å². The topological polar surface area (TPSA) is 190 Å². The maximum absolute atomic E-state index is 9.66. The van der Waals surface area contributed by atoms with Crippen LogP contribution in [0.15, 0.2) is 0 Å². The Balaban J connectivity index is -0.0000000800. The SMILES string of the molecule is O.O.O.O=[N+]([O-])c1nnn[n-]1.[Li+]. The van der Waals surface area contributed by atoms with Crippen LogP contribution in [-0.2, 0) is 0 Å². The van der Waals surface area contributed by atoms with Gasteiger partial charge in [0.2, 0.25) is 0 Å². The second-order valence-corrected chi connectivity index (χ2v) is 0.936. The number of aromatic nitrogens is 4. The van der Waals surface area contributed by atoms with Crippen molar-refractivity contribution in [3.05, 3.63) is 10.1 Å². The summed E-state index contributed by atoms with van der Waals surface area (Å²) in [6.45, 7) is 0. The van der Waals surface area contributed by atoms with Gasteiger partial charge in [-0.1, -0.05) is 10.2 Å². The second-order valence-electron chi connectivity index (χ2n) is 0.936. The molecule has 1 heterocycles. The molecule has 1 rings (SSSR count). The summed E-state index contributed by atoms with van der Waals surface area (Å²) in [4.78, 5) is 8.90. The fourth-order valence-corrected chi connectivity index (χ4v) is 0.213. The molecule has 0 saturated carbocycles. The Hall–Kier alpha value is -1.05. The Kier molecular flexibility index (Phi) is 18.6. The summed E-state index contributed by atoms with van der Waals surface area (Å²) in [7, 11) is 0. The van der Waals surface area contributed by atoms with Crippen LogP contribution in [0.4, 0.5) is 5.95 Å². The summed E-state index contributed by atoms with van der Waals surface area (Å²) in [5.41, 5.74) is 0. The minimum atomic E-state index is -0.764. The molecule has 0 amide bonds. The average Bonchev–Trinajstić information content (AvgIpc) is 2.12. The number of nitro groups is 1. The molecule has 0 aliphatic carbocycles. The van der Waals surface area contributed by atoms with Crippen molar-refractivity contribution in [3.63, 3.8) is 0 Å². The van der Waals surface area contributed by atoms with E-state index in [1.54, 1.807) is 0 Å². The summed E-state index contributed by atoms with van der Waals surface area (Å²) >= 11 is 0. The molecule has 0 aromatic carbocycles. The van der Waals surface area contributed by atoms with E-state index in [1.807, 2.05) is 0 Å². The first kappa shape index (κ1) is 22.4. The molecule has 0 atom stereocenters. The van der Waals surface area contributed by atoms with Crippen molar-refractivity contribution in [1.29, 1.82) is 0 Å². The fourth-order valence-electron chi connectivity index (χ4n) is 0.213. The first-order valence-corrected chi connectivity index (χ1v) is 1.64. The van der Waals surface area contributed by atoms with E-state index in [2.05, 4.69) is 20.6 Å². The van der Waals surface area contributed by atoms with Gasteiger partial charge in [0.25, 0.3) is 5.95 Å². The van der Waals surface area contributed by atoms with Crippen molar-refractivity contribution in [1.82, 2.24) is 20.6 Å². The molecule has 0 saturated heterocycles. The van der Waals surface area contributed by atoms with Gasteiger partial charge in [-0.15, -0.1) is 0 Å². The third kappa shape index (κ3) is 5.71. The third-order valence-electron chi connectivity index (χ3n) is 0.472. The summed E-state index contributed by atoms with van der Waals surface area (Å²) in [5, 5.41) is 21.3. The maximum Gasteiger partial charge on any atom is 1.00 e. The molecular weight excluding hydrogens is 169 g/mol. The van der Waals surface area contributed by atoms with Crippen LogP contribution in [0.5, 0.6) is 0 Å². The van der Waals surface area contributed by atoms with E-state index in [4.69, 9.17) is 0 Å². The van der Waals surface area contributed by atoms with E-state index >= 15 is 0 Å². The normalized spacial score (nSPS) is 6.00. The molecule has 0 aliphatic rings. The molecule has 10 nitrogen and oxygen atoms in total. The minimum Gasteiger partial charge on any atom is -0.458 e. The van der Waals surface area contributed by atoms with Crippen LogP contribution in [-0.4, -0.2) is 36.9 Å². The number of nitrogens with zero attached hydrogens (tertiary/aromatic N) is 5. The molecule has 0 spiro atoms. The second kappa shape index (κ2) is 9.95. The van der Waals surface area contributed by atoms with Gasteiger partial charge in [-0.3, -0.25) is 0 Å². The largest absolute Gasteiger partial charge is 1.00 e. The van der Waals surface area contributed by atoms with Crippen molar-refractivity contribution < 1.29 is 40.2 Å². The number of hydrogen-bond acceptors (Lipinski definition) is 5. The average molecular weight is 175 g/mol. The maximum atomic E-state index is 9.66. The van der Waals surface area contributed by atoms with Crippen molar-refractivity contribution in [2.75, 3.05) is 0 Å². The van der Waals surface area contributed by atoms with Crippen LogP contribution >= 0.6 is 0 Å². The number of hydrogen-bond donors (Lipinski definition) is 0. The third-order valence-corrected chi connectivity index (χ3v) is 0.472. The predicted molar refractivity (Wildman–Crippen MR) is 30.6 cm³/mol. The molecule has 0 unspecified atom stereocenters. The molecule has 0 bridgehead atoms. The van der Waals surface area contributed by atoms with Gasteiger partial charge in [-0.25, -0.2) is 0 Å². The van der Waals surface area contributed by atoms with Crippen LogP contribution in [0.3, 0.4) is 0 Å². The van der Waals surface area contributed by atoms with Gasteiger partial charge >= 0.3 is 18.9 Å². The fraction of sp³-hybridized carbons (Fsp3) is 0. The van der Waals surface area contributed by atoms with Crippen molar-refractivity contribution in [2.24, 2.45) is 0 Å². The molecule has 12 heavy (non-hydrogen) atoms. The summed E-state index contributed by atoms with van der Waals surface area (Å²) in [5.74, 6) is -0.565. The van der Waals surface area contributed by atoms with Crippen LogP contribution in [0.1, 0.15) is 0 Å². The zero-order valence-corrected chi connectivity index (χ0v) is 6.05. The predicted octanol–water partition coefficient (Wildman–Crippen LogP) is -6.73. The Labute approximate surface area is 77.6 Å². The van der Waals surface area contributed by atoms with E-state index in [0.29, 0.717) is 0 Å². The van der Waals surface area contributed by atoms with Crippen LogP contribution in [0.2, 0.25) is 0 Å². The monoisotopic (exact) mass is 175 g/mol. The van der Waals surface area contributed by atoms with E-state index in [0.717, 1.165) is 0 Å². The number of tetrazole rings is 1. The molecule has 0 radical (unpaired) electrons. The Morgan fingerprint density at radius 1 is 1.33 bits per heavy atom. The molecule has 6 N–H and O–H groups in total. The van der Waals surface area contributed by atoms with Crippen LogP contribution in [0.25, 0.3) is 0 Å². The minimum absolute atomic E-state index is 0. The quantitative estimate of drug-likeness (QED) is 0.231. The van der Waals surface area contributed by atoms with Gasteiger partial charge in [-0.2, -0.15) is 4.92 Å². The van der Waals surface area contributed by atoms with Gasteiger partial charge in [0, 0.05) is 0 Å². The van der Waals surface area contributed by atoms with E-state index < -0.39 is 10.9 Å². The molecule has 0 fully saturated rings. The molecule has 66 valence electrons. The van der Waals surface area contributed by atoms with Gasteiger partial charge in [0.15, 0.2) is 0 Å². The Morgan fingerprint density at radius 3 is 2.00 bits per heavy atom. The standard InChI is InChI=1S/CN5O2.Li.3H2O/c7-6(8)1-2-4-5-3-1;;;;/h;;3*1H2/q-1;+1;;;. The van der Waals surface area contributed by atoms with Gasteiger partial charge in [0.1, 0.15) is 0 Å². The molecule has 11 heteroatoms. The Morgan fingerprint density at radius 2 is 1.83 bits per heavy atom. The molecule has 0 aliphatic heterocycles. The zero-order valence-electron chi connectivity index (χ0n) is 6.05. The molecule has 1 aromatic rings. The molecule has 1 aromatic heterocycles. The first-order chi connectivity index (χ1) is 3.80. The van der Waals surface area contributed by atoms with Crippen LogP contribution < -0.4 is 24.0 Å². The summed E-state index contributed by atoms with van der Waals surface area (Å²) in [6.07, 6.45) is 0. The Bertz CT molecular complexity index is 188. The zero-order chi connectivity index (χ0) is 5.98. The smallest absolute Gasteiger partial charge is 0.458 e. The van der Waals surface area contributed by atoms with E-state index in [9.17, 15) is 10.1 Å². The first-order valence-electron chi connectivity index (χ1n) is 1.64. The number of rotatable bonds is 1.